The van der Waals surface area contributed by atoms with Crippen molar-refractivity contribution in [3.63, 3.8) is 0 Å². The molecule has 2 atom stereocenters. The van der Waals surface area contributed by atoms with Crippen LogP contribution in [-0.2, 0) is 19.1 Å². The van der Waals surface area contributed by atoms with Gasteiger partial charge in [0, 0.05) is 29.3 Å². The topological polar surface area (TPSA) is 82.0 Å². The summed E-state index contributed by atoms with van der Waals surface area (Å²) in [7, 11) is 1.32. The summed E-state index contributed by atoms with van der Waals surface area (Å²) in [6, 6.07) is 6.82. The summed E-state index contributed by atoms with van der Waals surface area (Å²) >= 11 is 0. The van der Waals surface area contributed by atoms with Crippen LogP contribution in [0.3, 0.4) is 0 Å². The number of ketones is 1. The maximum absolute atomic E-state index is 13.2. The molecular weight excluding hydrogens is 382 g/mol. The lowest BCUT2D eigenvalue weighted by Gasteiger charge is -2.39. The van der Waals surface area contributed by atoms with E-state index in [1.165, 1.54) is 13.2 Å². The van der Waals surface area contributed by atoms with E-state index in [0.717, 1.165) is 11.3 Å². The fourth-order valence-electron chi connectivity index (χ4n) is 4.29. The highest BCUT2D eigenvalue weighted by atomic mass is 16.5. The molecule has 0 saturated carbocycles. The molecule has 1 aliphatic heterocycles. The van der Waals surface area contributed by atoms with E-state index >= 15 is 0 Å². The number of aliphatic imine (C=N–C) groups is 1. The summed E-state index contributed by atoms with van der Waals surface area (Å²) in [5.74, 6) is -2.10. The second-order valence-corrected chi connectivity index (χ2v) is 8.54. The molecule has 2 aliphatic rings. The molecule has 0 fully saturated rings. The summed E-state index contributed by atoms with van der Waals surface area (Å²) in [5, 5.41) is 0. The van der Waals surface area contributed by atoms with Gasteiger partial charge in [-0.25, -0.2) is 4.79 Å². The molecule has 3 rings (SSSR count). The number of carbonyl (C=O) groups excluding carboxylic acids is 3. The van der Waals surface area contributed by atoms with Crippen molar-refractivity contribution in [1.29, 1.82) is 0 Å². The normalized spacial score (nSPS) is 22.7. The van der Waals surface area contributed by atoms with Crippen LogP contribution in [0, 0.1) is 11.3 Å². The van der Waals surface area contributed by atoms with Crippen LogP contribution in [-0.4, -0.2) is 37.2 Å². The molecule has 0 saturated heterocycles. The first-order valence-electron chi connectivity index (χ1n) is 9.95. The van der Waals surface area contributed by atoms with Gasteiger partial charge in [0.15, 0.2) is 5.78 Å². The number of nitrogens with zero attached hydrogens (tertiary/aromatic N) is 1. The van der Waals surface area contributed by atoms with Gasteiger partial charge in [-0.15, -0.1) is 0 Å². The number of hydrogen-bond donors (Lipinski definition) is 0. The Morgan fingerprint density at radius 3 is 2.50 bits per heavy atom. The van der Waals surface area contributed by atoms with Crippen LogP contribution in [0.5, 0.6) is 0 Å². The maximum atomic E-state index is 13.2. The van der Waals surface area contributed by atoms with Crippen molar-refractivity contribution in [2.45, 2.75) is 39.5 Å². The summed E-state index contributed by atoms with van der Waals surface area (Å²) in [6.45, 7) is 9.56. The number of benzene rings is 1. The molecule has 1 unspecified atom stereocenters. The van der Waals surface area contributed by atoms with Crippen LogP contribution in [0.25, 0.3) is 0 Å². The number of ether oxygens (including phenoxy) is 2. The third-order valence-electron chi connectivity index (χ3n) is 5.59. The quantitative estimate of drug-likeness (QED) is 0.542. The number of Topliss-reactive ketones (excluding diaryl/α,β-unsaturated/α-hetero) is 1. The lowest BCUT2D eigenvalue weighted by Crippen LogP contribution is -2.39. The van der Waals surface area contributed by atoms with Crippen molar-refractivity contribution < 1.29 is 23.9 Å². The summed E-state index contributed by atoms with van der Waals surface area (Å²) in [6.07, 6.45) is 2.56. The first kappa shape index (κ1) is 21.7. The van der Waals surface area contributed by atoms with Crippen molar-refractivity contribution in [3.8, 4) is 0 Å². The molecule has 0 spiro atoms. The molecule has 1 aromatic rings. The number of rotatable bonds is 5. The smallest absolute Gasteiger partial charge is 0.337 e. The fourth-order valence-corrected chi connectivity index (χ4v) is 4.29. The highest BCUT2D eigenvalue weighted by Gasteiger charge is 2.46. The Labute approximate surface area is 176 Å². The average Bonchev–Trinajstić information content (AvgIpc) is 2.69. The van der Waals surface area contributed by atoms with Gasteiger partial charge in [0.1, 0.15) is 12.5 Å². The molecule has 158 valence electrons. The number of carbonyl (C=O) groups is 3. The zero-order valence-electron chi connectivity index (χ0n) is 17.9. The van der Waals surface area contributed by atoms with E-state index in [9.17, 15) is 14.4 Å². The maximum Gasteiger partial charge on any atom is 0.337 e. The van der Waals surface area contributed by atoms with Crippen LogP contribution in [0.4, 0.5) is 0 Å². The van der Waals surface area contributed by atoms with Gasteiger partial charge < -0.3 is 9.47 Å². The van der Waals surface area contributed by atoms with Crippen molar-refractivity contribution in [2.75, 3.05) is 13.7 Å². The predicted molar refractivity (Wildman–Crippen MR) is 113 cm³/mol. The number of allylic oxidation sites excluding steroid dienone is 2. The largest absolute Gasteiger partial charge is 0.465 e. The molecule has 6 heteroatoms. The number of esters is 2. The van der Waals surface area contributed by atoms with Crippen molar-refractivity contribution in [3.05, 3.63) is 59.3 Å². The van der Waals surface area contributed by atoms with Gasteiger partial charge >= 0.3 is 11.9 Å². The molecule has 0 bridgehead atoms. The fraction of sp³-hybridized carbons (Fsp3) is 0.417. The molecule has 1 aromatic carbocycles. The van der Waals surface area contributed by atoms with E-state index in [-0.39, 0.29) is 17.8 Å². The SMILES string of the molecule is C=CCOC(=O)C1C(C)=NC2=C(C(=O)CC(C)(C)C2)[C@@H]1c1ccc(C(=O)OC)cc1. The van der Waals surface area contributed by atoms with Gasteiger partial charge in [-0.1, -0.05) is 38.6 Å². The molecule has 0 radical (unpaired) electrons. The van der Waals surface area contributed by atoms with E-state index in [0.29, 0.717) is 29.7 Å². The second-order valence-electron chi connectivity index (χ2n) is 8.54. The number of methoxy groups -OCH3 is 1. The minimum atomic E-state index is -0.710. The first-order valence-corrected chi connectivity index (χ1v) is 9.95. The Bertz CT molecular complexity index is 952. The minimum absolute atomic E-state index is 0.000986. The Balaban J connectivity index is 2.11. The van der Waals surface area contributed by atoms with E-state index in [4.69, 9.17) is 9.47 Å². The summed E-state index contributed by atoms with van der Waals surface area (Å²) in [5.41, 5.74) is 2.91. The highest BCUT2D eigenvalue weighted by molar-refractivity contribution is 6.09. The predicted octanol–water partition coefficient (Wildman–Crippen LogP) is 4.02. The molecule has 1 aliphatic carbocycles. The van der Waals surface area contributed by atoms with Crippen LogP contribution in [0.1, 0.15) is 55.5 Å². The molecule has 0 N–H and O–H groups in total. The zero-order valence-corrected chi connectivity index (χ0v) is 17.9. The Morgan fingerprint density at radius 1 is 1.23 bits per heavy atom. The highest BCUT2D eigenvalue weighted by Crippen LogP contribution is 2.47. The van der Waals surface area contributed by atoms with Gasteiger partial charge in [-0.2, -0.15) is 0 Å². The second kappa shape index (κ2) is 8.38. The van der Waals surface area contributed by atoms with Crippen LogP contribution in [0.2, 0.25) is 0 Å². The van der Waals surface area contributed by atoms with E-state index < -0.39 is 23.8 Å². The van der Waals surface area contributed by atoms with Crippen LogP contribution < -0.4 is 0 Å². The lowest BCUT2D eigenvalue weighted by molar-refractivity contribution is -0.145. The van der Waals surface area contributed by atoms with Crippen LogP contribution in [0.15, 0.2) is 53.2 Å². The Hall–Kier alpha value is -3.02. The third-order valence-corrected chi connectivity index (χ3v) is 5.59. The molecular formula is C24H27NO5. The van der Waals surface area contributed by atoms with E-state index in [1.54, 1.807) is 31.2 Å². The van der Waals surface area contributed by atoms with E-state index in [1.807, 2.05) is 13.8 Å². The van der Waals surface area contributed by atoms with Gasteiger partial charge in [0.05, 0.1) is 12.7 Å². The Kier molecular flexibility index (Phi) is 6.06. The van der Waals surface area contributed by atoms with Gasteiger partial charge in [0.2, 0.25) is 0 Å². The summed E-state index contributed by atoms with van der Waals surface area (Å²) in [4.78, 5) is 42.6. The van der Waals surface area contributed by atoms with Gasteiger partial charge in [-0.05, 0) is 36.5 Å². The molecule has 0 aromatic heterocycles. The average molecular weight is 409 g/mol. The van der Waals surface area contributed by atoms with Crippen molar-refractivity contribution in [2.24, 2.45) is 16.3 Å². The first-order chi connectivity index (χ1) is 14.2. The summed E-state index contributed by atoms with van der Waals surface area (Å²) < 4.78 is 10.1. The zero-order chi connectivity index (χ0) is 22.1. The Morgan fingerprint density at radius 2 is 1.90 bits per heavy atom. The van der Waals surface area contributed by atoms with Crippen LogP contribution >= 0.6 is 0 Å². The molecule has 30 heavy (non-hydrogen) atoms. The van der Waals surface area contributed by atoms with Gasteiger partial charge in [-0.3, -0.25) is 14.6 Å². The van der Waals surface area contributed by atoms with Crippen molar-refractivity contribution in [1.82, 2.24) is 0 Å². The monoisotopic (exact) mass is 409 g/mol. The third kappa shape index (κ3) is 4.13. The van der Waals surface area contributed by atoms with E-state index in [2.05, 4.69) is 11.6 Å². The standard InChI is InChI=1S/C24H27NO5/c1-6-11-30-23(28)19-14(2)25-17-12-24(3,4)13-18(26)21(17)20(19)15-7-9-16(10-8-15)22(27)29-5/h6-10,19-20H,1,11-13H2,2-5H3/t19?,20-/m1/s1. The lowest BCUT2D eigenvalue weighted by atomic mass is 9.67. The molecule has 0 amide bonds. The van der Waals surface area contributed by atoms with Gasteiger partial charge in [0.25, 0.3) is 0 Å². The number of hydrogen-bond acceptors (Lipinski definition) is 6. The van der Waals surface area contributed by atoms with Crippen molar-refractivity contribution >= 4 is 23.4 Å². The minimum Gasteiger partial charge on any atom is -0.465 e. The molecule has 6 nitrogen and oxygen atoms in total. The molecule has 1 heterocycles.